The lowest BCUT2D eigenvalue weighted by Crippen LogP contribution is -2.44. The fourth-order valence-corrected chi connectivity index (χ4v) is 10.5. The Morgan fingerprint density at radius 1 is 0.625 bits per heavy atom. The number of carbonyl (C=O) groups is 4. The first-order valence-electron chi connectivity index (χ1n) is 28.1. The molecule has 0 fully saturated rings. The average molecular weight is 1320 g/mol. The van der Waals surface area contributed by atoms with Gasteiger partial charge in [0, 0.05) is 83.8 Å². The van der Waals surface area contributed by atoms with Crippen LogP contribution < -0.4 is 37.3 Å². The second-order valence-corrected chi connectivity index (χ2v) is 24.1. The van der Waals surface area contributed by atoms with Crippen molar-refractivity contribution in [1.29, 1.82) is 0 Å². The molecule has 2 atom stereocenters. The molecular formula is C65H68Br2N12O9. The molecule has 1 aliphatic rings. The standard InChI is InChI=1S/C33H35BrN6O5.C32H33BrN6O4/c1-33(2,3)45-32(43)38-24(18-21-10-7-6-8-11-21)20-37-31-39-27(22-14-16-35-17-15-22)28(29(41)40(31)4)36-19-23-12-9-13-25(34)26(23)30(42)44-5;1-32(2,3)43-31(42)36-23(17-20-9-6-5-7-10-20)18-35-30-37-26(21-13-15-34-16-14-21)27(29(41)38(30)4)39-19-22-11-8-12-24(33)25(22)28(39)40/h6-17,19,24H,18,20H2,1-5H3,(H,37,39)(H,38,43);5-16,23H,17-19H2,1-4H3,(H,35,37)(H,36,42)/t24-;23-/m00/s1. The van der Waals surface area contributed by atoms with E-state index in [0.29, 0.717) is 55.4 Å². The van der Waals surface area contributed by atoms with Gasteiger partial charge in [0.15, 0.2) is 5.69 Å². The molecule has 0 radical (unpaired) electrons. The van der Waals surface area contributed by atoms with Crippen LogP contribution in [0.5, 0.6) is 0 Å². The molecule has 4 N–H and O–H groups in total. The van der Waals surface area contributed by atoms with E-state index in [1.807, 2.05) is 78.9 Å². The zero-order valence-electron chi connectivity index (χ0n) is 50.1. The summed E-state index contributed by atoms with van der Waals surface area (Å²) in [5.41, 5.74) is 4.17. The fourth-order valence-electron chi connectivity index (χ4n) is 9.40. The van der Waals surface area contributed by atoms with E-state index in [9.17, 15) is 28.8 Å². The minimum Gasteiger partial charge on any atom is -0.465 e. The van der Waals surface area contributed by atoms with E-state index < -0.39 is 41.0 Å². The molecule has 0 spiro atoms. The zero-order chi connectivity index (χ0) is 63.3. The van der Waals surface area contributed by atoms with E-state index in [0.717, 1.165) is 16.7 Å². The number of nitrogens with one attached hydrogen (secondary N) is 4. The molecular weight excluding hydrogens is 1250 g/mol. The molecule has 4 aromatic heterocycles. The zero-order valence-corrected chi connectivity index (χ0v) is 53.3. The third kappa shape index (κ3) is 16.8. The number of aromatic nitrogens is 6. The minimum atomic E-state index is -0.663. The highest BCUT2D eigenvalue weighted by Gasteiger charge is 2.35. The Balaban J connectivity index is 0.000000228. The van der Waals surface area contributed by atoms with Crippen molar-refractivity contribution in [2.75, 3.05) is 35.7 Å². The van der Waals surface area contributed by atoms with Gasteiger partial charge >= 0.3 is 18.2 Å². The third-order valence-corrected chi connectivity index (χ3v) is 14.8. The molecule has 0 bridgehead atoms. The molecule has 21 nitrogen and oxygen atoms in total. The molecule has 3 amide bonds. The van der Waals surface area contributed by atoms with E-state index in [2.05, 4.69) is 68.1 Å². The predicted molar refractivity (Wildman–Crippen MR) is 346 cm³/mol. The van der Waals surface area contributed by atoms with Gasteiger partial charge in [-0.05, 0) is 139 Å². The number of hydrogen-bond donors (Lipinski definition) is 4. The van der Waals surface area contributed by atoms with Gasteiger partial charge in [-0.3, -0.25) is 38.4 Å². The maximum absolute atomic E-state index is 14.0. The number of methoxy groups -OCH3 is 1. The van der Waals surface area contributed by atoms with E-state index in [4.69, 9.17) is 24.2 Å². The largest absolute Gasteiger partial charge is 0.465 e. The monoisotopic (exact) mass is 1320 g/mol. The van der Waals surface area contributed by atoms with Crippen LogP contribution in [0.25, 0.3) is 22.5 Å². The summed E-state index contributed by atoms with van der Waals surface area (Å²) in [5.74, 6) is -0.266. The Bertz CT molecular complexity index is 3950. The number of ether oxygens (including phenoxy) is 3. The number of carbonyl (C=O) groups excluding carboxylic acids is 4. The predicted octanol–water partition coefficient (Wildman–Crippen LogP) is 11.0. The SMILES string of the molecule is COC(=O)c1c(Br)cccc1C=Nc1c(-c2ccncc2)nc(NC[C@H](Cc2ccccc2)NC(=O)OC(C)(C)C)n(C)c1=O.Cn1c(NC[C@H](Cc2ccccc2)NC(=O)OC(C)(C)C)nc(-c2ccncc2)c(N2Cc3cccc(Br)c3C2=O)c1=O. The van der Waals surface area contributed by atoms with Gasteiger partial charge in [0.1, 0.15) is 28.3 Å². The topological polar surface area (TPSA) is 255 Å². The number of amides is 3. The summed E-state index contributed by atoms with van der Waals surface area (Å²) in [6.07, 6.45) is 7.80. The maximum atomic E-state index is 14.0. The lowest BCUT2D eigenvalue weighted by atomic mass is 10.1. The highest BCUT2D eigenvalue weighted by atomic mass is 79.9. The van der Waals surface area contributed by atoms with Gasteiger partial charge in [-0.2, -0.15) is 0 Å². The Labute approximate surface area is 526 Å². The summed E-state index contributed by atoms with van der Waals surface area (Å²) in [6, 6.07) is 36.4. The van der Waals surface area contributed by atoms with Gasteiger partial charge in [0.2, 0.25) is 11.9 Å². The van der Waals surface area contributed by atoms with Crippen molar-refractivity contribution in [3.8, 4) is 22.5 Å². The van der Waals surface area contributed by atoms with Crippen LogP contribution in [0, 0.1) is 0 Å². The van der Waals surface area contributed by atoms with Crippen molar-refractivity contribution in [3.05, 3.63) is 209 Å². The summed E-state index contributed by atoms with van der Waals surface area (Å²) in [6.45, 7) is 11.6. The Morgan fingerprint density at radius 3 is 1.60 bits per heavy atom. The molecule has 5 heterocycles. The number of nitrogens with zero attached hydrogens (tertiary/aromatic N) is 8. The van der Waals surface area contributed by atoms with Gasteiger partial charge in [-0.1, -0.05) is 84.9 Å². The first-order chi connectivity index (χ1) is 42.0. The third-order valence-electron chi connectivity index (χ3n) is 13.5. The van der Waals surface area contributed by atoms with E-state index in [1.165, 1.54) is 27.4 Å². The van der Waals surface area contributed by atoms with Crippen LogP contribution in [0.2, 0.25) is 0 Å². The number of anilines is 3. The van der Waals surface area contributed by atoms with Gasteiger partial charge in [0.05, 0.1) is 36.9 Å². The van der Waals surface area contributed by atoms with E-state index >= 15 is 0 Å². The summed E-state index contributed by atoms with van der Waals surface area (Å²) in [5, 5.41) is 12.4. The van der Waals surface area contributed by atoms with Crippen LogP contribution in [0.15, 0.2) is 170 Å². The number of aliphatic imine (C=N–C) groups is 1. The molecule has 0 saturated carbocycles. The Kier molecular flexibility index (Phi) is 21.2. The van der Waals surface area contributed by atoms with Crippen LogP contribution in [-0.2, 0) is 47.7 Å². The molecule has 0 saturated heterocycles. The smallest absolute Gasteiger partial charge is 0.407 e. The normalized spacial score (nSPS) is 12.7. The van der Waals surface area contributed by atoms with Crippen LogP contribution in [-0.4, -0.2) is 103 Å². The minimum absolute atomic E-state index is 0.0674. The molecule has 4 aromatic carbocycles. The van der Waals surface area contributed by atoms with Crippen LogP contribution in [0.1, 0.15) is 84.5 Å². The lowest BCUT2D eigenvalue weighted by molar-refractivity contribution is 0.0495. The van der Waals surface area contributed by atoms with Gasteiger partial charge < -0.3 is 35.5 Å². The van der Waals surface area contributed by atoms with Crippen molar-refractivity contribution in [1.82, 2.24) is 39.7 Å². The quantitative estimate of drug-likeness (QED) is 0.0354. The number of fused-ring (bicyclic) bond motifs is 1. The number of benzene rings is 4. The molecule has 0 unspecified atom stereocenters. The maximum Gasteiger partial charge on any atom is 0.407 e. The van der Waals surface area contributed by atoms with E-state index in [1.54, 1.807) is 123 Å². The molecule has 88 heavy (non-hydrogen) atoms. The molecule has 8 aromatic rings. The van der Waals surface area contributed by atoms with Crippen molar-refractivity contribution in [2.45, 2.75) is 84.2 Å². The van der Waals surface area contributed by atoms with Gasteiger partial charge in [-0.15, -0.1) is 0 Å². The molecule has 23 heteroatoms. The highest BCUT2D eigenvalue weighted by Crippen LogP contribution is 2.36. The second-order valence-electron chi connectivity index (χ2n) is 22.4. The van der Waals surface area contributed by atoms with Crippen molar-refractivity contribution >= 4 is 85.4 Å². The number of esters is 1. The van der Waals surface area contributed by atoms with Crippen molar-refractivity contribution in [3.63, 3.8) is 0 Å². The Hall–Kier alpha value is -9.35. The number of halogens is 2. The summed E-state index contributed by atoms with van der Waals surface area (Å²) in [7, 11) is 4.48. The van der Waals surface area contributed by atoms with E-state index in [-0.39, 0.29) is 66.0 Å². The second kappa shape index (κ2) is 28.9. The Morgan fingerprint density at radius 2 is 1.10 bits per heavy atom. The van der Waals surface area contributed by atoms with Crippen LogP contribution in [0.3, 0.4) is 0 Å². The average Bonchev–Trinajstić information content (AvgIpc) is 1.80. The molecule has 1 aliphatic heterocycles. The number of hydrogen-bond acceptors (Lipinski definition) is 16. The summed E-state index contributed by atoms with van der Waals surface area (Å²) >= 11 is 6.87. The first kappa shape index (κ1) is 64.6. The van der Waals surface area contributed by atoms with Crippen LogP contribution >= 0.6 is 31.9 Å². The molecule has 456 valence electrons. The fraction of sp³-hybridized carbons (Fsp3) is 0.277. The van der Waals surface area contributed by atoms with Crippen molar-refractivity contribution in [2.24, 2.45) is 19.1 Å². The van der Waals surface area contributed by atoms with Gasteiger partial charge in [-0.25, -0.2) is 29.3 Å². The highest BCUT2D eigenvalue weighted by molar-refractivity contribution is 9.10. The number of pyridine rings is 2. The van der Waals surface area contributed by atoms with Crippen LogP contribution in [0.4, 0.5) is 32.9 Å². The van der Waals surface area contributed by atoms with Gasteiger partial charge in [0.25, 0.3) is 17.0 Å². The summed E-state index contributed by atoms with van der Waals surface area (Å²) < 4.78 is 19.9. The number of rotatable bonds is 18. The van der Waals surface area contributed by atoms with Crippen molar-refractivity contribution < 1.29 is 33.4 Å². The first-order valence-corrected chi connectivity index (χ1v) is 29.6. The molecule has 9 rings (SSSR count). The summed E-state index contributed by atoms with van der Waals surface area (Å²) in [4.78, 5) is 103. The molecule has 0 aliphatic carbocycles. The number of alkyl carbamates (subject to hydrolysis) is 2. The lowest BCUT2D eigenvalue weighted by Gasteiger charge is -2.25.